The van der Waals surface area contributed by atoms with Gasteiger partial charge in [-0.1, -0.05) is 26.0 Å². The van der Waals surface area contributed by atoms with Crippen molar-refractivity contribution in [2.75, 3.05) is 25.0 Å². The molecule has 0 radical (unpaired) electrons. The minimum absolute atomic E-state index is 0.0237. The molecule has 2 aromatic rings. The van der Waals surface area contributed by atoms with Crippen LogP contribution in [0.5, 0.6) is 5.75 Å². The van der Waals surface area contributed by atoms with Crippen LogP contribution in [0.1, 0.15) is 49.5 Å². The Balaban J connectivity index is 1.88. The number of nitrogens with one attached hydrogen (secondary N) is 2. The summed E-state index contributed by atoms with van der Waals surface area (Å²) in [6.45, 7) is 8.14. The molecule has 32 heavy (non-hydrogen) atoms. The highest BCUT2D eigenvalue weighted by molar-refractivity contribution is 7.80. The second-order valence-corrected chi connectivity index (χ2v) is 7.56. The van der Waals surface area contributed by atoms with E-state index in [4.69, 9.17) is 17.0 Å². The molecule has 0 aliphatic carbocycles. The highest BCUT2D eigenvalue weighted by Gasteiger charge is 2.14. The van der Waals surface area contributed by atoms with Crippen molar-refractivity contribution in [3.8, 4) is 5.75 Å². The van der Waals surface area contributed by atoms with Crippen molar-refractivity contribution in [3.63, 3.8) is 0 Å². The van der Waals surface area contributed by atoms with Gasteiger partial charge in [-0.05, 0) is 80.0 Å². The Labute approximate surface area is 195 Å². The molecule has 0 saturated heterocycles. The standard InChI is InChI=1S/C25H31N3O3S/c1-4-17-28(18-5-2)24(30)20-10-12-21(13-11-20)26-25(32)27-23(29)16-9-19-7-14-22(15-8-19)31-6-3/h7-16H,4-6,17-18H2,1-3H3,(H2,26,27,29,32)/b16-9+. The molecule has 0 aliphatic heterocycles. The number of rotatable bonds is 10. The molecular weight excluding hydrogens is 422 g/mol. The first kappa shape index (κ1) is 25.1. The normalized spacial score (nSPS) is 10.6. The average Bonchev–Trinajstić information content (AvgIpc) is 2.78. The van der Waals surface area contributed by atoms with Crippen LogP contribution in [0.25, 0.3) is 6.08 Å². The van der Waals surface area contributed by atoms with Crippen molar-refractivity contribution in [3.05, 3.63) is 65.7 Å². The van der Waals surface area contributed by atoms with Crippen molar-refractivity contribution in [2.45, 2.75) is 33.6 Å². The van der Waals surface area contributed by atoms with Crippen LogP contribution in [0, 0.1) is 0 Å². The predicted molar refractivity (Wildman–Crippen MR) is 134 cm³/mol. The molecule has 0 saturated carbocycles. The first-order valence-corrected chi connectivity index (χ1v) is 11.3. The Kier molecular flexibility index (Phi) is 10.4. The van der Waals surface area contributed by atoms with Crippen LogP contribution in [-0.2, 0) is 4.79 Å². The number of benzene rings is 2. The zero-order valence-corrected chi connectivity index (χ0v) is 19.7. The second kappa shape index (κ2) is 13.3. The number of hydrogen-bond donors (Lipinski definition) is 2. The largest absolute Gasteiger partial charge is 0.494 e. The third-order valence-corrected chi connectivity index (χ3v) is 4.72. The summed E-state index contributed by atoms with van der Waals surface area (Å²) < 4.78 is 5.40. The van der Waals surface area contributed by atoms with E-state index in [9.17, 15) is 9.59 Å². The Morgan fingerprint density at radius 3 is 2.16 bits per heavy atom. The van der Waals surface area contributed by atoms with Gasteiger partial charge < -0.3 is 15.0 Å². The first-order valence-electron chi connectivity index (χ1n) is 10.9. The maximum Gasteiger partial charge on any atom is 0.253 e. The molecule has 0 fully saturated rings. The summed E-state index contributed by atoms with van der Waals surface area (Å²) >= 11 is 5.22. The minimum Gasteiger partial charge on any atom is -0.494 e. The van der Waals surface area contributed by atoms with Crippen molar-refractivity contribution < 1.29 is 14.3 Å². The molecule has 2 amide bonds. The van der Waals surface area contributed by atoms with Crippen LogP contribution < -0.4 is 15.4 Å². The third kappa shape index (κ3) is 8.15. The van der Waals surface area contributed by atoms with Gasteiger partial charge in [0.05, 0.1) is 6.61 Å². The van der Waals surface area contributed by atoms with Gasteiger partial charge in [0, 0.05) is 30.4 Å². The van der Waals surface area contributed by atoms with Crippen molar-refractivity contribution in [2.24, 2.45) is 0 Å². The molecule has 2 N–H and O–H groups in total. The van der Waals surface area contributed by atoms with Crippen LogP contribution in [0.15, 0.2) is 54.6 Å². The number of ether oxygens (including phenoxy) is 1. The highest BCUT2D eigenvalue weighted by atomic mass is 32.1. The highest BCUT2D eigenvalue weighted by Crippen LogP contribution is 2.14. The lowest BCUT2D eigenvalue weighted by molar-refractivity contribution is -0.115. The van der Waals surface area contributed by atoms with E-state index in [1.807, 2.05) is 36.1 Å². The number of carbonyl (C=O) groups excluding carboxylic acids is 2. The number of carbonyl (C=O) groups is 2. The molecule has 6 nitrogen and oxygen atoms in total. The molecule has 2 aromatic carbocycles. The SMILES string of the molecule is CCCN(CCC)C(=O)c1ccc(NC(=S)NC(=O)/C=C/c2ccc(OCC)cc2)cc1. The first-order chi connectivity index (χ1) is 15.5. The summed E-state index contributed by atoms with van der Waals surface area (Å²) in [5.41, 5.74) is 2.20. The molecular formula is C25H31N3O3S. The van der Waals surface area contributed by atoms with Crippen LogP contribution >= 0.6 is 12.2 Å². The summed E-state index contributed by atoms with van der Waals surface area (Å²) in [5, 5.41) is 5.76. The van der Waals surface area contributed by atoms with Gasteiger partial charge in [0.1, 0.15) is 5.75 Å². The van der Waals surface area contributed by atoms with Gasteiger partial charge in [0.15, 0.2) is 5.11 Å². The van der Waals surface area contributed by atoms with Gasteiger partial charge in [-0.15, -0.1) is 0 Å². The van der Waals surface area contributed by atoms with Crippen LogP contribution in [0.4, 0.5) is 5.69 Å². The summed E-state index contributed by atoms with van der Waals surface area (Å²) in [4.78, 5) is 26.6. The maximum atomic E-state index is 12.7. The maximum absolute atomic E-state index is 12.7. The molecule has 170 valence electrons. The lowest BCUT2D eigenvalue weighted by atomic mass is 10.1. The summed E-state index contributed by atoms with van der Waals surface area (Å²) in [6, 6.07) is 14.5. The fourth-order valence-electron chi connectivity index (χ4n) is 3.06. The van der Waals surface area contributed by atoms with Gasteiger partial charge in [-0.25, -0.2) is 0 Å². The molecule has 0 heterocycles. The fraction of sp³-hybridized carbons (Fsp3) is 0.320. The van der Waals surface area contributed by atoms with E-state index in [1.165, 1.54) is 6.08 Å². The van der Waals surface area contributed by atoms with Crippen LogP contribution in [-0.4, -0.2) is 41.5 Å². The monoisotopic (exact) mass is 453 g/mol. The van der Waals surface area contributed by atoms with Crippen LogP contribution in [0.3, 0.4) is 0 Å². The van der Waals surface area contributed by atoms with Gasteiger partial charge in [-0.3, -0.25) is 14.9 Å². The van der Waals surface area contributed by atoms with E-state index in [-0.39, 0.29) is 16.9 Å². The Morgan fingerprint density at radius 1 is 0.969 bits per heavy atom. The Morgan fingerprint density at radius 2 is 1.59 bits per heavy atom. The zero-order valence-electron chi connectivity index (χ0n) is 18.9. The van der Waals surface area contributed by atoms with E-state index >= 15 is 0 Å². The van der Waals surface area contributed by atoms with Gasteiger partial charge in [0.25, 0.3) is 5.91 Å². The van der Waals surface area contributed by atoms with E-state index in [0.717, 1.165) is 37.2 Å². The average molecular weight is 454 g/mol. The zero-order chi connectivity index (χ0) is 23.3. The third-order valence-electron chi connectivity index (χ3n) is 4.52. The lowest BCUT2D eigenvalue weighted by Crippen LogP contribution is -2.33. The van der Waals surface area contributed by atoms with E-state index < -0.39 is 0 Å². The molecule has 0 atom stereocenters. The number of anilines is 1. The van der Waals surface area contributed by atoms with Crippen molar-refractivity contribution in [1.82, 2.24) is 10.2 Å². The summed E-state index contributed by atoms with van der Waals surface area (Å²) in [7, 11) is 0. The van der Waals surface area contributed by atoms with Gasteiger partial charge >= 0.3 is 0 Å². The van der Waals surface area contributed by atoms with E-state index in [0.29, 0.717) is 17.9 Å². The summed E-state index contributed by atoms with van der Waals surface area (Å²) in [6.07, 6.45) is 4.96. The number of amides is 2. The minimum atomic E-state index is -0.335. The van der Waals surface area contributed by atoms with Crippen molar-refractivity contribution in [1.29, 1.82) is 0 Å². The Hall–Kier alpha value is -3.19. The van der Waals surface area contributed by atoms with Gasteiger partial charge in [-0.2, -0.15) is 0 Å². The Bertz CT molecular complexity index is 918. The van der Waals surface area contributed by atoms with E-state index in [2.05, 4.69) is 24.5 Å². The molecule has 0 spiro atoms. The second-order valence-electron chi connectivity index (χ2n) is 7.15. The number of thiocarbonyl (C=S) groups is 1. The lowest BCUT2D eigenvalue weighted by Gasteiger charge is -2.21. The molecule has 0 aromatic heterocycles. The molecule has 0 aliphatic rings. The fourth-order valence-corrected chi connectivity index (χ4v) is 3.28. The van der Waals surface area contributed by atoms with E-state index in [1.54, 1.807) is 30.3 Å². The molecule has 7 heteroatoms. The molecule has 0 bridgehead atoms. The topological polar surface area (TPSA) is 70.7 Å². The van der Waals surface area contributed by atoms with Crippen LogP contribution in [0.2, 0.25) is 0 Å². The molecule has 2 rings (SSSR count). The number of nitrogens with zero attached hydrogens (tertiary/aromatic N) is 1. The number of hydrogen-bond acceptors (Lipinski definition) is 4. The smallest absolute Gasteiger partial charge is 0.253 e. The quantitative estimate of drug-likeness (QED) is 0.397. The molecule has 0 unspecified atom stereocenters. The van der Waals surface area contributed by atoms with Crippen molar-refractivity contribution >= 4 is 40.9 Å². The predicted octanol–water partition coefficient (Wildman–Crippen LogP) is 4.87. The van der Waals surface area contributed by atoms with Gasteiger partial charge in [0.2, 0.25) is 5.91 Å². The summed E-state index contributed by atoms with van der Waals surface area (Å²) in [5.74, 6) is 0.476.